The van der Waals surface area contributed by atoms with Crippen LogP contribution in [0.15, 0.2) is 16.6 Å². The van der Waals surface area contributed by atoms with Crippen LogP contribution in [0, 0.1) is 0 Å². The number of nitrogens with one attached hydrogen (secondary N) is 1. The average molecular weight is 258 g/mol. The Morgan fingerprint density at radius 1 is 1.43 bits per heavy atom. The van der Waals surface area contributed by atoms with Gasteiger partial charge in [0, 0.05) is 23.5 Å². The number of hydrogen-bond donors (Lipinski definition) is 1. The number of ether oxygens (including phenoxy) is 2. The van der Waals surface area contributed by atoms with Gasteiger partial charge in [-0.15, -0.1) is 0 Å². The third-order valence-electron chi connectivity index (χ3n) is 1.77. The van der Waals surface area contributed by atoms with Crippen molar-refractivity contribution in [2.45, 2.75) is 6.92 Å². The smallest absolute Gasteiger partial charge is 0.231 e. The van der Waals surface area contributed by atoms with E-state index in [4.69, 9.17) is 9.47 Å². The summed E-state index contributed by atoms with van der Waals surface area (Å²) in [6.07, 6.45) is 0. The fourth-order valence-electron chi connectivity index (χ4n) is 1.20. The van der Waals surface area contributed by atoms with Crippen LogP contribution in [0.1, 0.15) is 6.92 Å². The molecule has 1 N–H and O–H groups in total. The van der Waals surface area contributed by atoms with Gasteiger partial charge in [-0.3, -0.25) is 4.79 Å². The summed E-state index contributed by atoms with van der Waals surface area (Å²) in [5.74, 6) is 1.22. The maximum atomic E-state index is 10.9. The van der Waals surface area contributed by atoms with Gasteiger partial charge in [-0.2, -0.15) is 0 Å². The van der Waals surface area contributed by atoms with Gasteiger partial charge >= 0.3 is 0 Å². The normalized spacial score (nSPS) is 12.7. The van der Waals surface area contributed by atoms with Gasteiger partial charge in [0.15, 0.2) is 11.5 Å². The monoisotopic (exact) mass is 257 g/mol. The molecule has 0 spiro atoms. The number of amides is 1. The lowest BCUT2D eigenvalue weighted by Crippen LogP contribution is -2.06. The lowest BCUT2D eigenvalue weighted by atomic mass is 10.3. The summed E-state index contributed by atoms with van der Waals surface area (Å²) < 4.78 is 11.1. The molecule has 14 heavy (non-hydrogen) atoms. The van der Waals surface area contributed by atoms with Crippen LogP contribution in [-0.4, -0.2) is 12.7 Å². The highest BCUT2D eigenvalue weighted by atomic mass is 79.9. The molecule has 0 radical (unpaired) electrons. The Balaban J connectivity index is 2.37. The van der Waals surface area contributed by atoms with E-state index < -0.39 is 0 Å². The van der Waals surface area contributed by atoms with Gasteiger partial charge in [0.25, 0.3) is 0 Å². The molecule has 0 aromatic heterocycles. The van der Waals surface area contributed by atoms with Crippen molar-refractivity contribution in [2.75, 3.05) is 12.1 Å². The molecule has 0 bridgehead atoms. The van der Waals surface area contributed by atoms with Crippen LogP contribution < -0.4 is 14.8 Å². The molecule has 0 atom stereocenters. The fraction of sp³-hybridized carbons (Fsp3) is 0.222. The molecular weight excluding hydrogens is 250 g/mol. The first-order valence-electron chi connectivity index (χ1n) is 4.03. The summed E-state index contributed by atoms with van der Waals surface area (Å²) in [6, 6.07) is 3.50. The molecule has 1 aliphatic rings. The van der Waals surface area contributed by atoms with Crippen LogP contribution in [0.2, 0.25) is 0 Å². The van der Waals surface area contributed by atoms with E-state index in [1.54, 1.807) is 12.1 Å². The van der Waals surface area contributed by atoms with Gasteiger partial charge in [-0.1, -0.05) is 0 Å². The summed E-state index contributed by atoms with van der Waals surface area (Å²) in [5.41, 5.74) is 0.682. The summed E-state index contributed by atoms with van der Waals surface area (Å²) in [6.45, 7) is 1.68. The van der Waals surface area contributed by atoms with E-state index in [1.807, 2.05) is 0 Å². The third-order valence-corrected chi connectivity index (χ3v) is 2.43. The highest BCUT2D eigenvalue weighted by Crippen LogP contribution is 2.39. The van der Waals surface area contributed by atoms with Crippen molar-refractivity contribution in [2.24, 2.45) is 0 Å². The Kier molecular flexibility index (Phi) is 2.33. The lowest BCUT2D eigenvalue weighted by Gasteiger charge is -2.05. The molecular formula is C9H8BrNO3. The zero-order valence-corrected chi connectivity index (χ0v) is 9.05. The number of fused-ring (bicyclic) bond motifs is 1. The number of carbonyl (C=O) groups excluding carboxylic acids is 1. The van der Waals surface area contributed by atoms with E-state index in [-0.39, 0.29) is 12.7 Å². The van der Waals surface area contributed by atoms with Crippen LogP contribution in [0.3, 0.4) is 0 Å². The molecule has 1 amide bonds. The maximum absolute atomic E-state index is 10.9. The van der Waals surface area contributed by atoms with Gasteiger partial charge in [-0.05, 0) is 15.9 Å². The Morgan fingerprint density at radius 3 is 2.71 bits per heavy atom. The highest BCUT2D eigenvalue weighted by molar-refractivity contribution is 9.10. The van der Waals surface area contributed by atoms with Gasteiger partial charge in [-0.25, -0.2) is 0 Å². The molecule has 0 unspecified atom stereocenters. The highest BCUT2D eigenvalue weighted by Gasteiger charge is 2.16. The molecule has 0 fully saturated rings. The van der Waals surface area contributed by atoms with Crippen molar-refractivity contribution < 1.29 is 14.3 Å². The van der Waals surface area contributed by atoms with Crippen LogP contribution in [0.5, 0.6) is 11.5 Å². The largest absolute Gasteiger partial charge is 0.454 e. The molecule has 1 aliphatic heterocycles. The average Bonchev–Trinajstić information content (AvgIpc) is 2.51. The SMILES string of the molecule is CC(=O)Nc1cc2c(cc1Br)OCO2. The van der Waals surface area contributed by atoms with Crippen LogP contribution in [-0.2, 0) is 4.79 Å². The predicted molar refractivity (Wildman–Crippen MR) is 54.6 cm³/mol. The summed E-state index contributed by atoms with van der Waals surface area (Å²) >= 11 is 3.33. The number of benzene rings is 1. The van der Waals surface area contributed by atoms with Crippen LogP contribution >= 0.6 is 15.9 Å². The van der Waals surface area contributed by atoms with Gasteiger partial charge in [0.05, 0.1) is 5.69 Å². The van der Waals surface area contributed by atoms with Crippen molar-refractivity contribution in [3.63, 3.8) is 0 Å². The van der Waals surface area contributed by atoms with E-state index in [2.05, 4.69) is 21.2 Å². The minimum atomic E-state index is -0.121. The molecule has 0 saturated carbocycles. The number of anilines is 1. The second-order valence-electron chi connectivity index (χ2n) is 2.87. The zero-order valence-electron chi connectivity index (χ0n) is 7.46. The van der Waals surface area contributed by atoms with Gasteiger partial charge < -0.3 is 14.8 Å². The second kappa shape index (κ2) is 3.49. The van der Waals surface area contributed by atoms with Crippen LogP contribution in [0.4, 0.5) is 5.69 Å². The van der Waals surface area contributed by atoms with E-state index in [1.165, 1.54) is 6.92 Å². The molecule has 1 heterocycles. The summed E-state index contributed by atoms with van der Waals surface area (Å²) in [7, 11) is 0. The first-order chi connectivity index (χ1) is 6.66. The number of carbonyl (C=O) groups is 1. The molecule has 74 valence electrons. The summed E-state index contributed by atoms with van der Waals surface area (Å²) in [4.78, 5) is 10.9. The molecule has 0 saturated heterocycles. The van der Waals surface area contributed by atoms with Crippen molar-refractivity contribution in [3.8, 4) is 11.5 Å². The van der Waals surface area contributed by atoms with Gasteiger partial charge in [0.1, 0.15) is 0 Å². The number of rotatable bonds is 1. The minimum Gasteiger partial charge on any atom is -0.454 e. The molecule has 5 heteroatoms. The molecule has 2 rings (SSSR count). The van der Waals surface area contributed by atoms with Crippen molar-refractivity contribution in [1.82, 2.24) is 0 Å². The number of halogens is 1. The Hall–Kier alpha value is -1.23. The minimum absolute atomic E-state index is 0.121. The third kappa shape index (κ3) is 1.68. The van der Waals surface area contributed by atoms with Crippen molar-refractivity contribution >= 4 is 27.5 Å². The lowest BCUT2D eigenvalue weighted by molar-refractivity contribution is -0.114. The first-order valence-corrected chi connectivity index (χ1v) is 4.83. The molecule has 1 aromatic rings. The standard InChI is InChI=1S/C9H8BrNO3/c1-5(12)11-7-3-9-8(2-6(7)10)13-4-14-9/h2-3H,4H2,1H3,(H,11,12). The predicted octanol–water partition coefficient (Wildman–Crippen LogP) is 2.14. The van der Waals surface area contributed by atoms with E-state index >= 15 is 0 Å². The van der Waals surface area contributed by atoms with E-state index in [9.17, 15) is 4.79 Å². The van der Waals surface area contributed by atoms with Crippen LogP contribution in [0.25, 0.3) is 0 Å². The fourth-order valence-corrected chi connectivity index (χ4v) is 1.62. The zero-order chi connectivity index (χ0) is 10.1. The van der Waals surface area contributed by atoms with Crippen molar-refractivity contribution in [3.05, 3.63) is 16.6 Å². The topological polar surface area (TPSA) is 47.6 Å². The molecule has 4 nitrogen and oxygen atoms in total. The number of hydrogen-bond acceptors (Lipinski definition) is 3. The quantitative estimate of drug-likeness (QED) is 0.839. The van der Waals surface area contributed by atoms with E-state index in [0.717, 1.165) is 4.47 Å². The first kappa shape index (κ1) is 9.33. The van der Waals surface area contributed by atoms with E-state index in [0.29, 0.717) is 17.2 Å². The Bertz CT molecular complexity index is 392. The van der Waals surface area contributed by atoms with Crippen molar-refractivity contribution in [1.29, 1.82) is 0 Å². The Labute approximate surface area is 89.3 Å². The molecule has 0 aliphatic carbocycles. The van der Waals surface area contributed by atoms with Gasteiger partial charge in [0.2, 0.25) is 12.7 Å². The Morgan fingerprint density at radius 2 is 2.07 bits per heavy atom. The summed E-state index contributed by atoms with van der Waals surface area (Å²) in [5, 5.41) is 2.68. The molecule has 1 aromatic carbocycles. The second-order valence-corrected chi connectivity index (χ2v) is 3.72. The maximum Gasteiger partial charge on any atom is 0.231 e.